The number of carbonyl (C=O) groups excluding carboxylic acids is 3. The number of nitrogens with one attached hydrogen (secondary N) is 1. The summed E-state index contributed by atoms with van der Waals surface area (Å²) in [5, 5.41) is 2.56. The van der Waals surface area contributed by atoms with Crippen LogP contribution < -0.4 is 15.8 Å². The van der Waals surface area contributed by atoms with E-state index in [9.17, 15) is 27.6 Å². The molecule has 35 heavy (non-hydrogen) atoms. The molecule has 1 aromatic heterocycles. The second kappa shape index (κ2) is 8.90. The highest BCUT2D eigenvalue weighted by Gasteiger charge is 2.56. The number of halogens is 3. The van der Waals surface area contributed by atoms with Crippen LogP contribution in [0.15, 0.2) is 36.8 Å². The summed E-state index contributed by atoms with van der Waals surface area (Å²) in [5.41, 5.74) is 5.59. The molecule has 182 valence electrons. The first-order chi connectivity index (χ1) is 16.5. The van der Waals surface area contributed by atoms with Gasteiger partial charge in [0.1, 0.15) is 18.1 Å². The number of benzene rings is 1. The Hall–Kier alpha value is -4.14. The Balaban J connectivity index is 1.60. The number of amides is 3. The van der Waals surface area contributed by atoms with Crippen LogP contribution in [-0.4, -0.2) is 45.0 Å². The molecule has 9 nitrogen and oxygen atoms in total. The molecule has 1 aliphatic heterocycles. The molecule has 0 saturated heterocycles. The van der Waals surface area contributed by atoms with Crippen molar-refractivity contribution in [2.24, 2.45) is 5.73 Å². The first-order valence-electron chi connectivity index (χ1n) is 10.5. The van der Waals surface area contributed by atoms with E-state index in [-0.39, 0.29) is 18.9 Å². The Labute approximate surface area is 197 Å². The number of fused-ring (bicyclic) bond motifs is 1. The molecule has 1 aliphatic carbocycles. The van der Waals surface area contributed by atoms with Crippen molar-refractivity contribution < 1.29 is 32.3 Å². The summed E-state index contributed by atoms with van der Waals surface area (Å²) >= 11 is 0. The molecule has 0 spiro atoms. The normalized spacial score (nSPS) is 18.7. The smallest absolute Gasteiger partial charge is 0.406 e. The summed E-state index contributed by atoms with van der Waals surface area (Å²) < 4.78 is 41.4. The predicted octanol–water partition coefficient (Wildman–Crippen LogP) is 1.48. The summed E-state index contributed by atoms with van der Waals surface area (Å²) in [5.74, 6) is 0.175. The molecular weight excluding hydrogens is 467 g/mol. The Morgan fingerprint density at radius 2 is 1.97 bits per heavy atom. The Kier molecular flexibility index (Phi) is 6.10. The largest absolute Gasteiger partial charge is 0.573 e. The maximum absolute atomic E-state index is 13.7. The first-order valence-corrected chi connectivity index (χ1v) is 10.5. The highest BCUT2D eigenvalue weighted by molar-refractivity contribution is 5.97. The molecule has 12 heteroatoms. The summed E-state index contributed by atoms with van der Waals surface area (Å²) in [6, 6.07) is 3.03. The topological polar surface area (TPSA) is 128 Å². The molecule has 2 atom stereocenters. The lowest BCUT2D eigenvalue weighted by molar-refractivity contribution is -0.274. The number of carbonyl (C=O) groups is 3. The lowest BCUT2D eigenvalue weighted by Crippen LogP contribution is -2.47. The number of ether oxygens (including phenoxy) is 1. The minimum Gasteiger partial charge on any atom is -0.406 e. The number of nitrogens with zero attached hydrogens (tertiary/aromatic N) is 3. The second-order valence-electron chi connectivity index (χ2n) is 8.31. The van der Waals surface area contributed by atoms with Crippen molar-refractivity contribution in [1.82, 2.24) is 20.2 Å². The number of alkyl halides is 3. The van der Waals surface area contributed by atoms with Crippen LogP contribution in [0.2, 0.25) is 0 Å². The van der Waals surface area contributed by atoms with Gasteiger partial charge in [-0.1, -0.05) is 18.1 Å². The van der Waals surface area contributed by atoms with Gasteiger partial charge < -0.3 is 20.7 Å². The average Bonchev–Trinajstić information content (AvgIpc) is 3.51. The lowest BCUT2D eigenvalue weighted by atomic mass is 9.93. The standard InChI is InChI=1S/C23H20F3N5O4/c1-2-14(9-18(27)32)30-20(33)19-16-10-28-12-29-17(16)11-31(19)21(34)22(7-8-22)13-3-5-15(6-4-13)35-23(24,25)26/h1,3-6,10,12,14,19H,7-9,11H2,(H2,27,32)(H,30,33)/t14-,19+/m1/s1. The summed E-state index contributed by atoms with van der Waals surface area (Å²) in [6.45, 7) is 0.0301. The van der Waals surface area contributed by atoms with Crippen molar-refractivity contribution in [3.63, 3.8) is 0 Å². The molecule has 3 amide bonds. The van der Waals surface area contributed by atoms with Crippen LogP contribution in [0.25, 0.3) is 0 Å². The van der Waals surface area contributed by atoms with Gasteiger partial charge in [0.2, 0.25) is 17.7 Å². The van der Waals surface area contributed by atoms with Gasteiger partial charge in [-0.2, -0.15) is 0 Å². The highest BCUT2D eigenvalue weighted by atomic mass is 19.4. The molecule has 1 fully saturated rings. The van der Waals surface area contributed by atoms with E-state index in [1.54, 1.807) is 0 Å². The number of hydrogen-bond acceptors (Lipinski definition) is 6. The fourth-order valence-electron chi connectivity index (χ4n) is 4.22. The van der Waals surface area contributed by atoms with Gasteiger partial charge in [-0.3, -0.25) is 14.4 Å². The van der Waals surface area contributed by atoms with E-state index >= 15 is 0 Å². The van der Waals surface area contributed by atoms with Crippen molar-refractivity contribution >= 4 is 17.7 Å². The van der Waals surface area contributed by atoms with Crippen LogP contribution in [0.5, 0.6) is 5.75 Å². The third-order valence-electron chi connectivity index (χ3n) is 5.99. The molecule has 2 heterocycles. The number of hydrogen-bond donors (Lipinski definition) is 2. The molecule has 0 radical (unpaired) electrons. The predicted molar refractivity (Wildman–Crippen MR) is 114 cm³/mol. The van der Waals surface area contributed by atoms with E-state index in [0.29, 0.717) is 29.7 Å². The van der Waals surface area contributed by atoms with E-state index in [4.69, 9.17) is 12.2 Å². The lowest BCUT2D eigenvalue weighted by Gasteiger charge is -2.29. The van der Waals surface area contributed by atoms with Crippen molar-refractivity contribution in [2.45, 2.75) is 49.7 Å². The zero-order valence-electron chi connectivity index (χ0n) is 18.2. The van der Waals surface area contributed by atoms with Crippen molar-refractivity contribution in [2.75, 3.05) is 0 Å². The van der Waals surface area contributed by atoms with Crippen molar-refractivity contribution in [3.05, 3.63) is 53.6 Å². The first kappa shape index (κ1) is 24.0. The molecule has 2 aromatic rings. The molecule has 0 unspecified atom stereocenters. The molecular formula is C23H20F3N5O4. The fraction of sp³-hybridized carbons (Fsp3) is 0.348. The Morgan fingerprint density at radius 1 is 1.29 bits per heavy atom. The van der Waals surface area contributed by atoms with Crippen LogP contribution in [0.3, 0.4) is 0 Å². The fourth-order valence-corrected chi connectivity index (χ4v) is 4.22. The van der Waals surface area contributed by atoms with Gasteiger partial charge in [-0.05, 0) is 30.5 Å². The van der Waals surface area contributed by atoms with Gasteiger partial charge >= 0.3 is 6.36 Å². The minimum atomic E-state index is -4.83. The number of aromatic nitrogens is 2. The van der Waals surface area contributed by atoms with Crippen molar-refractivity contribution in [3.8, 4) is 18.1 Å². The summed E-state index contributed by atoms with van der Waals surface area (Å²) in [6.07, 6.45) is 3.92. The summed E-state index contributed by atoms with van der Waals surface area (Å²) in [7, 11) is 0. The Morgan fingerprint density at radius 3 is 2.54 bits per heavy atom. The van der Waals surface area contributed by atoms with Gasteiger partial charge in [0.15, 0.2) is 0 Å². The van der Waals surface area contributed by atoms with Gasteiger partial charge in [0.05, 0.1) is 30.1 Å². The maximum atomic E-state index is 13.7. The second-order valence-corrected chi connectivity index (χ2v) is 8.31. The minimum absolute atomic E-state index is 0.0301. The molecule has 1 aromatic carbocycles. The molecule has 4 rings (SSSR count). The van der Waals surface area contributed by atoms with E-state index in [0.717, 1.165) is 12.1 Å². The monoisotopic (exact) mass is 487 g/mol. The van der Waals surface area contributed by atoms with E-state index in [1.165, 1.54) is 29.6 Å². The third kappa shape index (κ3) is 4.89. The van der Waals surface area contributed by atoms with E-state index < -0.39 is 41.4 Å². The zero-order chi connectivity index (χ0) is 25.4. The van der Waals surface area contributed by atoms with Gasteiger partial charge in [-0.25, -0.2) is 9.97 Å². The van der Waals surface area contributed by atoms with Gasteiger partial charge in [-0.15, -0.1) is 19.6 Å². The Bertz CT molecular complexity index is 1200. The molecule has 0 bridgehead atoms. The number of primary amides is 1. The quantitative estimate of drug-likeness (QED) is 0.570. The molecule has 2 aliphatic rings. The van der Waals surface area contributed by atoms with Crippen LogP contribution >= 0.6 is 0 Å². The maximum Gasteiger partial charge on any atom is 0.573 e. The van der Waals surface area contributed by atoms with Crippen LogP contribution in [-0.2, 0) is 26.3 Å². The van der Waals surface area contributed by atoms with E-state index in [1.807, 2.05) is 0 Å². The van der Waals surface area contributed by atoms with Gasteiger partial charge in [0, 0.05) is 11.8 Å². The zero-order valence-corrected chi connectivity index (χ0v) is 18.2. The van der Waals surface area contributed by atoms with E-state index in [2.05, 4.69) is 25.9 Å². The van der Waals surface area contributed by atoms with Crippen molar-refractivity contribution in [1.29, 1.82) is 0 Å². The SMILES string of the molecule is C#C[C@H](CC(N)=O)NC(=O)[C@@H]1c2cncnc2CN1C(=O)C1(c2ccc(OC(F)(F)F)cc2)CC1. The van der Waals surface area contributed by atoms with Crippen LogP contribution in [0.1, 0.15) is 42.1 Å². The number of rotatable bonds is 7. The van der Waals surface area contributed by atoms with Crippen LogP contribution in [0, 0.1) is 12.3 Å². The average molecular weight is 487 g/mol. The van der Waals surface area contributed by atoms with Crippen LogP contribution in [0.4, 0.5) is 13.2 Å². The molecule has 1 saturated carbocycles. The summed E-state index contributed by atoms with van der Waals surface area (Å²) in [4.78, 5) is 47.7. The number of terminal acetylenes is 1. The highest BCUT2D eigenvalue weighted by Crippen LogP contribution is 2.52. The molecule has 3 N–H and O–H groups in total. The number of nitrogens with two attached hydrogens (primary N) is 1. The van der Waals surface area contributed by atoms with Gasteiger partial charge in [0.25, 0.3) is 0 Å². The third-order valence-corrected chi connectivity index (χ3v) is 5.99.